The molecule has 0 spiro atoms. The van der Waals surface area contributed by atoms with Crippen molar-refractivity contribution in [2.75, 3.05) is 13.1 Å². The summed E-state index contributed by atoms with van der Waals surface area (Å²) in [4.78, 5) is 28.7. The number of nitrogens with one attached hydrogen (secondary N) is 1. The van der Waals surface area contributed by atoms with Crippen LogP contribution in [0.5, 0.6) is 0 Å². The topological polar surface area (TPSA) is 75.4 Å². The quantitative estimate of drug-likeness (QED) is 0.856. The maximum atomic E-state index is 12.4. The van der Waals surface area contributed by atoms with Gasteiger partial charge in [-0.3, -0.25) is 9.59 Å². The van der Waals surface area contributed by atoms with Crippen LogP contribution in [0.3, 0.4) is 0 Å². The first kappa shape index (κ1) is 18.4. The lowest BCUT2D eigenvalue weighted by Gasteiger charge is -2.18. The highest BCUT2D eigenvalue weighted by atomic mass is 32.1. The molecular weight excluding hydrogens is 371 g/mol. The van der Waals surface area contributed by atoms with Gasteiger partial charge in [0.15, 0.2) is 5.76 Å². The molecule has 10 heteroatoms. The van der Waals surface area contributed by atoms with Crippen LogP contribution < -0.4 is 5.32 Å². The number of aryl methyl sites for hydroxylation is 1. The molecule has 1 fully saturated rings. The molecule has 0 bridgehead atoms. The molecule has 6 nitrogen and oxygen atoms in total. The minimum absolute atomic E-state index is 0.0892. The molecule has 1 atom stereocenters. The normalized spacial score (nSPS) is 17.8. The van der Waals surface area contributed by atoms with Gasteiger partial charge in [0.25, 0.3) is 0 Å². The first-order valence-corrected chi connectivity index (χ1v) is 8.72. The highest BCUT2D eigenvalue weighted by Crippen LogP contribution is 2.25. The summed E-state index contributed by atoms with van der Waals surface area (Å²) < 4.78 is 42.8. The van der Waals surface area contributed by atoms with Gasteiger partial charge in [-0.15, -0.1) is 11.3 Å². The van der Waals surface area contributed by atoms with E-state index in [4.69, 9.17) is 4.42 Å². The van der Waals surface area contributed by atoms with Crippen molar-refractivity contribution in [2.45, 2.75) is 26.1 Å². The molecule has 3 rings (SSSR count). The number of hydrogen-bond acceptors (Lipinski definition) is 5. The highest BCUT2D eigenvalue weighted by Gasteiger charge is 2.40. The summed E-state index contributed by atoms with van der Waals surface area (Å²) in [5.41, 5.74) is 0.703. The van der Waals surface area contributed by atoms with Gasteiger partial charge in [-0.25, -0.2) is 4.98 Å². The molecule has 1 aliphatic rings. The molecule has 2 aromatic rings. The van der Waals surface area contributed by atoms with Gasteiger partial charge in [0.2, 0.25) is 11.8 Å². The van der Waals surface area contributed by atoms with Crippen molar-refractivity contribution < 1.29 is 27.2 Å². The van der Waals surface area contributed by atoms with Crippen LogP contribution in [0.1, 0.15) is 17.2 Å². The second kappa shape index (κ2) is 7.10. The lowest BCUT2D eigenvalue weighted by atomic mass is 10.1. The first-order valence-electron chi connectivity index (χ1n) is 7.85. The molecule has 26 heavy (non-hydrogen) atoms. The second-order valence-electron chi connectivity index (χ2n) is 6.03. The number of aromatic nitrogens is 1. The number of nitrogens with zero attached hydrogens (tertiary/aromatic N) is 2. The molecule has 2 aromatic heterocycles. The summed E-state index contributed by atoms with van der Waals surface area (Å²) in [6.07, 6.45) is -4.69. The zero-order valence-electron chi connectivity index (χ0n) is 13.8. The zero-order chi connectivity index (χ0) is 18.9. The van der Waals surface area contributed by atoms with Crippen molar-refractivity contribution in [1.82, 2.24) is 15.2 Å². The Morgan fingerprint density at radius 3 is 2.88 bits per heavy atom. The highest BCUT2D eigenvalue weighted by molar-refractivity contribution is 7.09. The molecule has 140 valence electrons. The number of thiazole rings is 1. The number of halogens is 3. The molecule has 0 aromatic carbocycles. The fraction of sp³-hybridized carbons (Fsp3) is 0.438. The Morgan fingerprint density at radius 2 is 2.23 bits per heavy atom. The van der Waals surface area contributed by atoms with E-state index in [-0.39, 0.29) is 19.5 Å². The predicted octanol–water partition coefficient (Wildman–Crippen LogP) is 2.74. The van der Waals surface area contributed by atoms with Crippen LogP contribution in [0.15, 0.2) is 21.9 Å². The number of carbonyl (C=O) groups is 2. The molecule has 1 saturated heterocycles. The van der Waals surface area contributed by atoms with E-state index in [1.54, 1.807) is 12.1 Å². The predicted molar refractivity (Wildman–Crippen MR) is 87.1 cm³/mol. The standard InChI is InChI=1S/C16H16F3N3O3S/c1-9-21-12(7-26-9)13-3-2-11(25-13)5-20-15(24)10-4-14(23)22(6-10)8-16(17,18)19/h2-3,7,10H,4-6,8H2,1H3,(H,20,24)/t10-/m0/s1. The van der Waals surface area contributed by atoms with Crippen LogP contribution in [-0.2, 0) is 16.1 Å². The third-order valence-corrected chi connectivity index (χ3v) is 4.70. The van der Waals surface area contributed by atoms with Crippen molar-refractivity contribution in [3.63, 3.8) is 0 Å². The summed E-state index contributed by atoms with van der Waals surface area (Å²) in [5.74, 6) is -0.853. The Labute approximate surface area is 151 Å². The maximum absolute atomic E-state index is 12.4. The summed E-state index contributed by atoms with van der Waals surface area (Å²) >= 11 is 1.49. The second-order valence-corrected chi connectivity index (χ2v) is 7.09. The summed E-state index contributed by atoms with van der Waals surface area (Å²) in [6, 6.07) is 3.43. The number of likely N-dealkylation sites (tertiary alicyclic amines) is 1. The molecule has 0 radical (unpaired) electrons. The lowest BCUT2D eigenvalue weighted by Crippen LogP contribution is -2.37. The van der Waals surface area contributed by atoms with Crippen molar-refractivity contribution in [2.24, 2.45) is 5.92 Å². The lowest BCUT2D eigenvalue weighted by molar-refractivity contribution is -0.157. The van der Waals surface area contributed by atoms with Gasteiger partial charge >= 0.3 is 6.18 Å². The Hall–Kier alpha value is -2.36. The van der Waals surface area contributed by atoms with E-state index in [0.717, 1.165) is 5.01 Å². The van der Waals surface area contributed by atoms with Gasteiger partial charge in [0.1, 0.15) is 18.0 Å². The molecular formula is C16H16F3N3O3S. The monoisotopic (exact) mass is 387 g/mol. The van der Waals surface area contributed by atoms with Gasteiger partial charge in [-0.2, -0.15) is 13.2 Å². The molecule has 0 saturated carbocycles. The number of alkyl halides is 3. The minimum Gasteiger partial charge on any atom is -0.458 e. The van der Waals surface area contributed by atoms with E-state index < -0.39 is 30.5 Å². The van der Waals surface area contributed by atoms with Gasteiger partial charge < -0.3 is 14.6 Å². The van der Waals surface area contributed by atoms with Gasteiger partial charge in [-0.1, -0.05) is 0 Å². The van der Waals surface area contributed by atoms with Crippen molar-refractivity contribution in [3.05, 3.63) is 28.3 Å². The summed E-state index contributed by atoms with van der Waals surface area (Å²) in [7, 11) is 0. The first-order chi connectivity index (χ1) is 12.2. The van der Waals surface area contributed by atoms with Gasteiger partial charge in [0.05, 0.1) is 17.5 Å². The molecule has 0 aliphatic carbocycles. The van der Waals surface area contributed by atoms with Gasteiger partial charge in [0, 0.05) is 18.3 Å². The van der Waals surface area contributed by atoms with E-state index in [9.17, 15) is 22.8 Å². The fourth-order valence-corrected chi connectivity index (χ4v) is 3.32. The summed E-state index contributed by atoms with van der Waals surface area (Å²) in [6.45, 7) is 0.408. The van der Waals surface area contributed by atoms with Crippen LogP contribution in [-0.4, -0.2) is 41.0 Å². The largest absolute Gasteiger partial charge is 0.458 e. The average Bonchev–Trinajstić information content (AvgIpc) is 3.25. The minimum atomic E-state index is -4.47. The van der Waals surface area contributed by atoms with E-state index in [1.165, 1.54) is 11.3 Å². The van der Waals surface area contributed by atoms with Crippen LogP contribution in [0.4, 0.5) is 13.2 Å². The molecule has 0 unspecified atom stereocenters. The van der Waals surface area contributed by atoms with Crippen molar-refractivity contribution >= 4 is 23.2 Å². The number of amides is 2. The summed E-state index contributed by atoms with van der Waals surface area (Å²) in [5, 5.41) is 5.36. The Kier molecular flexibility index (Phi) is 5.03. The molecule has 2 amide bonds. The number of rotatable bonds is 5. The van der Waals surface area contributed by atoms with E-state index in [1.807, 2.05) is 12.3 Å². The van der Waals surface area contributed by atoms with Crippen LogP contribution >= 0.6 is 11.3 Å². The Morgan fingerprint density at radius 1 is 1.46 bits per heavy atom. The van der Waals surface area contributed by atoms with E-state index >= 15 is 0 Å². The fourth-order valence-electron chi connectivity index (χ4n) is 2.72. The van der Waals surface area contributed by atoms with E-state index in [2.05, 4.69) is 10.3 Å². The Bertz CT molecular complexity index is 815. The smallest absolute Gasteiger partial charge is 0.406 e. The third-order valence-electron chi connectivity index (χ3n) is 3.93. The Balaban J connectivity index is 1.53. The van der Waals surface area contributed by atoms with Crippen LogP contribution in [0.25, 0.3) is 11.5 Å². The number of furan rings is 1. The molecule has 3 heterocycles. The van der Waals surface area contributed by atoms with Crippen molar-refractivity contribution in [3.8, 4) is 11.5 Å². The number of carbonyl (C=O) groups excluding carboxylic acids is 2. The maximum Gasteiger partial charge on any atom is 0.406 e. The molecule has 1 aliphatic heterocycles. The van der Waals surface area contributed by atoms with Crippen LogP contribution in [0, 0.1) is 12.8 Å². The van der Waals surface area contributed by atoms with Crippen LogP contribution in [0.2, 0.25) is 0 Å². The van der Waals surface area contributed by atoms with Gasteiger partial charge in [-0.05, 0) is 19.1 Å². The van der Waals surface area contributed by atoms with Crippen molar-refractivity contribution in [1.29, 1.82) is 0 Å². The number of hydrogen-bond donors (Lipinski definition) is 1. The third kappa shape index (κ3) is 4.43. The molecule has 1 N–H and O–H groups in total. The zero-order valence-corrected chi connectivity index (χ0v) is 14.6. The SMILES string of the molecule is Cc1nc(-c2ccc(CNC(=O)[C@H]3CC(=O)N(CC(F)(F)F)C3)o2)cs1. The van der Waals surface area contributed by atoms with E-state index in [0.29, 0.717) is 22.1 Å². The average molecular weight is 387 g/mol.